The number of carbonyl (C=O) groups excluding carboxylic acids is 1. The van der Waals surface area contributed by atoms with E-state index in [9.17, 15) is 9.90 Å². The van der Waals surface area contributed by atoms with Crippen LogP contribution in [0.5, 0.6) is 0 Å². The number of hydrogen-bond acceptors (Lipinski definition) is 2. The summed E-state index contributed by atoms with van der Waals surface area (Å²) in [7, 11) is 0. The number of hydrogen-bond donors (Lipinski definition) is 1. The lowest BCUT2D eigenvalue weighted by atomic mass is 9.81. The summed E-state index contributed by atoms with van der Waals surface area (Å²) in [4.78, 5) is 10.6. The molecule has 0 aromatic rings. The average molecular weight is 182 g/mol. The molecule has 2 aliphatic rings. The fourth-order valence-corrected chi connectivity index (χ4v) is 3.21. The highest BCUT2D eigenvalue weighted by Gasteiger charge is 2.41. The Morgan fingerprint density at radius 1 is 1.46 bits per heavy atom. The molecule has 0 unspecified atom stereocenters. The van der Waals surface area contributed by atoms with Gasteiger partial charge in [-0.05, 0) is 50.4 Å². The molecule has 2 bridgehead atoms. The standard InChI is InChI=1S/C11H18O2/c1-11(13,7-12)6-10-5-8-2-3-9(10)4-8/h7-10,13H,2-6H2,1H3/t8-,9-,10+,11-/m1/s1. The van der Waals surface area contributed by atoms with Crippen molar-refractivity contribution in [3.63, 3.8) is 0 Å². The van der Waals surface area contributed by atoms with Gasteiger partial charge in [-0.3, -0.25) is 0 Å². The predicted octanol–water partition coefficient (Wildman–Crippen LogP) is 1.76. The number of fused-ring (bicyclic) bond motifs is 2. The van der Waals surface area contributed by atoms with Crippen molar-refractivity contribution in [1.82, 2.24) is 0 Å². The van der Waals surface area contributed by atoms with Crippen LogP contribution in [0.3, 0.4) is 0 Å². The highest BCUT2D eigenvalue weighted by atomic mass is 16.3. The molecule has 2 aliphatic carbocycles. The van der Waals surface area contributed by atoms with Gasteiger partial charge < -0.3 is 9.90 Å². The normalized spacial score (nSPS) is 41.8. The summed E-state index contributed by atoms with van der Waals surface area (Å²) in [6.45, 7) is 1.63. The van der Waals surface area contributed by atoms with Gasteiger partial charge in [0.1, 0.15) is 5.60 Å². The van der Waals surface area contributed by atoms with Crippen molar-refractivity contribution in [2.75, 3.05) is 0 Å². The summed E-state index contributed by atoms with van der Waals surface area (Å²) < 4.78 is 0. The Morgan fingerprint density at radius 3 is 2.69 bits per heavy atom. The van der Waals surface area contributed by atoms with Crippen LogP contribution in [-0.2, 0) is 4.79 Å². The lowest BCUT2D eigenvalue weighted by molar-refractivity contribution is -0.124. The Balaban J connectivity index is 1.93. The van der Waals surface area contributed by atoms with Crippen molar-refractivity contribution < 1.29 is 9.90 Å². The van der Waals surface area contributed by atoms with E-state index in [2.05, 4.69) is 0 Å². The van der Waals surface area contributed by atoms with E-state index in [1.54, 1.807) is 6.92 Å². The molecular formula is C11H18O2. The molecule has 13 heavy (non-hydrogen) atoms. The molecule has 2 saturated carbocycles. The molecule has 2 nitrogen and oxygen atoms in total. The van der Waals surface area contributed by atoms with Crippen molar-refractivity contribution in [3.05, 3.63) is 0 Å². The van der Waals surface area contributed by atoms with Crippen LogP contribution < -0.4 is 0 Å². The lowest BCUT2D eigenvalue weighted by Crippen LogP contribution is -2.31. The van der Waals surface area contributed by atoms with E-state index in [4.69, 9.17) is 0 Å². The van der Waals surface area contributed by atoms with Crippen molar-refractivity contribution in [3.8, 4) is 0 Å². The fourth-order valence-electron chi connectivity index (χ4n) is 3.21. The molecule has 4 atom stereocenters. The van der Waals surface area contributed by atoms with Gasteiger partial charge in [-0.1, -0.05) is 6.42 Å². The Hall–Kier alpha value is -0.370. The molecule has 2 heteroatoms. The molecule has 2 rings (SSSR count). The van der Waals surface area contributed by atoms with Crippen LogP contribution in [-0.4, -0.2) is 17.0 Å². The zero-order chi connectivity index (χ0) is 9.47. The van der Waals surface area contributed by atoms with E-state index < -0.39 is 5.60 Å². The smallest absolute Gasteiger partial charge is 0.151 e. The molecule has 0 aromatic heterocycles. The second-order valence-corrected chi connectivity index (χ2v) is 5.11. The third-order valence-corrected chi connectivity index (χ3v) is 3.81. The third kappa shape index (κ3) is 1.78. The van der Waals surface area contributed by atoms with Crippen LogP contribution >= 0.6 is 0 Å². The zero-order valence-electron chi connectivity index (χ0n) is 8.20. The van der Waals surface area contributed by atoms with E-state index in [1.807, 2.05) is 0 Å². The van der Waals surface area contributed by atoms with Gasteiger partial charge in [0.05, 0.1) is 0 Å². The zero-order valence-corrected chi connectivity index (χ0v) is 8.20. The van der Waals surface area contributed by atoms with E-state index in [0.717, 1.165) is 11.8 Å². The van der Waals surface area contributed by atoms with Gasteiger partial charge in [-0.2, -0.15) is 0 Å². The minimum absolute atomic E-state index is 0.610. The summed E-state index contributed by atoms with van der Waals surface area (Å²) in [6.07, 6.45) is 6.67. The van der Waals surface area contributed by atoms with Gasteiger partial charge in [0, 0.05) is 0 Å². The fraction of sp³-hybridized carbons (Fsp3) is 0.909. The predicted molar refractivity (Wildman–Crippen MR) is 50.2 cm³/mol. The van der Waals surface area contributed by atoms with Gasteiger partial charge in [-0.15, -0.1) is 0 Å². The lowest BCUT2D eigenvalue weighted by Gasteiger charge is -2.26. The Morgan fingerprint density at radius 2 is 2.23 bits per heavy atom. The molecule has 0 amide bonds. The Labute approximate surface area is 79.3 Å². The van der Waals surface area contributed by atoms with Crippen molar-refractivity contribution >= 4 is 6.29 Å². The first kappa shape index (κ1) is 9.20. The molecule has 0 spiro atoms. The van der Waals surface area contributed by atoms with Crippen LogP contribution in [0.1, 0.15) is 39.0 Å². The van der Waals surface area contributed by atoms with E-state index in [-0.39, 0.29) is 0 Å². The maximum absolute atomic E-state index is 10.6. The second-order valence-electron chi connectivity index (χ2n) is 5.11. The third-order valence-electron chi connectivity index (χ3n) is 3.81. The SMILES string of the molecule is C[C@](O)(C=O)C[C@@H]1C[C@@H]2CC[C@@H]1C2. The Bertz CT molecular complexity index is 210. The molecule has 0 saturated heterocycles. The van der Waals surface area contributed by atoms with Crippen LogP contribution in [0.2, 0.25) is 0 Å². The monoisotopic (exact) mass is 182 g/mol. The first-order chi connectivity index (χ1) is 6.11. The summed E-state index contributed by atoms with van der Waals surface area (Å²) in [5, 5.41) is 9.64. The topological polar surface area (TPSA) is 37.3 Å². The van der Waals surface area contributed by atoms with Gasteiger partial charge in [0.15, 0.2) is 6.29 Å². The van der Waals surface area contributed by atoms with Crippen LogP contribution in [0.25, 0.3) is 0 Å². The van der Waals surface area contributed by atoms with Gasteiger partial charge in [0.2, 0.25) is 0 Å². The summed E-state index contributed by atoms with van der Waals surface area (Å²) >= 11 is 0. The number of carbonyl (C=O) groups is 1. The highest BCUT2D eigenvalue weighted by molar-refractivity contribution is 5.61. The molecule has 2 fully saturated rings. The molecular weight excluding hydrogens is 164 g/mol. The van der Waals surface area contributed by atoms with Crippen molar-refractivity contribution in [2.24, 2.45) is 17.8 Å². The maximum Gasteiger partial charge on any atom is 0.151 e. The number of aldehydes is 1. The first-order valence-electron chi connectivity index (χ1n) is 5.29. The highest BCUT2D eigenvalue weighted by Crippen LogP contribution is 2.50. The molecule has 0 aliphatic heterocycles. The number of rotatable bonds is 3. The molecule has 1 N–H and O–H groups in total. The summed E-state index contributed by atoms with van der Waals surface area (Å²) in [5.41, 5.74) is -1.07. The largest absolute Gasteiger partial charge is 0.383 e. The maximum atomic E-state index is 10.6. The Kier molecular flexibility index (Phi) is 2.18. The minimum atomic E-state index is -1.07. The van der Waals surface area contributed by atoms with Crippen molar-refractivity contribution in [2.45, 2.75) is 44.6 Å². The summed E-state index contributed by atoms with van der Waals surface area (Å²) in [5.74, 6) is 2.31. The molecule has 0 heterocycles. The van der Waals surface area contributed by atoms with Gasteiger partial charge in [0.25, 0.3) is 0 Å². The van der Waals surface area contributed by atoms with Gasteiger partial charge in [-0.25, -0.2) is 0 Å². The molecule has 0 aromatic carbocycles. The van der Waals surface area contributed by atoms with Gasteiger partial charge >= 0.3 is 0 Å². The van der Waals surface area contributed by atoms with Crippen molar-refractivity contribution in [1.29, 1.82) is 0 Å². The first-order valence-corrected chi connectivity index (χ1v) is 5.29. The van der Waals surface area contributed by atoms with Crippen LogP contribution in [0.15, 0.2) is 0 Å². The van der Waals surface area contributed by atoms with Crippen LogP contribution in [0.4, 0.5) is 0 Å². The average Bonchev–Trinajstić information content (AvgIpc) is 2.64. The van der Waals surface area contributed by atoms with E-state index in [0.29, 0.717) is 18.6 Å². The molecule has 0 radical (unpaired) electrons. The minimum Gasteiger partial charge on any atom is -0.383 e. The number of aliphatic hydroxyl groups is 1. The summed E-state index contributed by atoms with van der Waals surface area (Å²) in [6, 6.07) is 0. The quantitative estimate of drug-likeness (QED) is 0.675. The van der Waals surface area contributed by atoms with E-state index >= 15 is 0 Å². The van der Waals surface area contributed by atoms with Crippen LogP contribution in [0, 0.1) is 17.8 Å². The molecule has 74 valence electrons. The second kappa shape index (κ2) is 3.09. The van der Waals surface area contributed by atoms with E-state index in [1.165, 1.54) is 25.7 Å².